The lowest BCUT2D eigenvalue weighted by molar-refractivity contribution is 0.268. The van der Waals surface area contributed by atoms with Crippen LogP contribution in [0.25, 0.3) is 28.0 Å². The van der Waals surface area contributed by atoms with Crippen LogP contribution in [0.3, 0.4) is 0 Å². The first-order valence-corrected chi connectivity index (χ1v) is 10.3. The van der Waals surface area contributed by atoms with Crippen LogP contribution in [0, 0.1) is 0 Å². The Morgan fingerprint density at radius 3 is 2.74 bits per heavy atom. The van der Waals surface area contributed by atoms with Crippen molar-refractivity contribution in [2.24, 2.45) is 0 Å². The smallest absolute Gasteiger partial charge is 0.408 e. The minimum Gasteiger partial charge on any atom is -0.408 e. The Labute approximate surface area is 178 Å². The second-order valence-electron chi connectivity index (χ2n) is 7.61. The fourth-order valence-corrected chi connectivity index (χ4v) is 3.92. The van der Waals surface area contributed by atoms with E-state index in [2.05, 4.69) is 45.5 Å². The van der Waals surface area contributed by atoms with Crippen LogP contribution in [0.2, 0.25) is 0 Å². The van der Waals surface area contributed by atoms with Gasteiger partial charge in [-0.15, -0.1) is 0 Å². The summed E-state index contributed by atoms with van der Waals surface area (Å²) >= 11 is 0. The number of hydrogen-bond acceptors (Lipinski definition) is 5. The molecule has 5 aromatic rings. The summed E-state index contributed by atoms with van der Waals surface area (Å²) in [5.41, 5.74) is 12.8. The zero-order valence-corrected chi connectivity index (χ0v) is 17.2. The molecular weight excluding hydrogens is 390 g/mol. The molecule has 0 radical (unpaired) electrons. The van der Waals surface area contributed by atoms with E-state index >= 15 is 0 Å². The largest absolute Gasteiger partial charge is 0.417 e. The van der Waals surface area contributed by atoms with E-state index < -0.39 is 5.76 Å². The molecule has 0 fully saturated rings. The average Bonchev–Trinajstić information content (AvgIpc) is 3.32. The fourth-order valence-electron chi connectivity index (χ4n) is 3.92. The van der Waals surface area contributed by atoms with Gasteiger partial charge in [0.15, 0.2) is 5.58 Å². The summed E-state index contributed by atoms with van der Waals surface area (Å²) in [6, 6.07) is 19.9. The zero-order chi connectivity index (χ0) is 21.4. The van der Waals surface area contributed by atoms with Crippen LogP contribution in [-0.4, -0.2) is 25.8 Å². The highest BCUT2D eigenvalue weighted by Crippen LogP contribution is 2.29. The molecule has 0 amide bonds. The molecule has 7 nitrogen and oxygen atoms in total. The quantitative estimate of drug-likeness (QED) is 0.438. The molecule has 3 heterocycles. The van der Waals surface area contributed by atoms with E-state index in [-0.39, 0.29) is 0 Å². The third-order valence-electron chi connectivity index (χ3n) is 5.50. The Morgan fingerprint density at radius 1 is 1.10 bits per heavy atom. The van der Waals surface area contributed by atoms with Crippen LogP contribution in [0.5, 0.6) is 0 Å². The normalized spacial score (nSPS) is 11.7. The molecule has 0 aliphatic heterocycles. The topological polar surface area (TPSA) is 92.6 Å². The third kappa shape index (κ3) is 3.71. The molecule has 0 unspecified atom stereocenters. The molecule has 5 rings (SSSR count). The maximum atomic E-state index is 11.6. The van der Waals surface area contributed by atoms with Gasteiger partial charge in [0, 0.05) is 30.5 Å². The summed E-state index contributed by atoms with van der Waals surface area (Å²) in [7, 11) is 0. The van der Waals surface area contributed by atoms with Gasteiger partial charge in [-0.3, -0.25) is 9.88 Å². The molecule has 156 valence electrons. The van der Waals surface area contributed by atoms with Crippen molar-refractivity contribution in [1.29, 1.82) is 0 Å². The van der Waals surface area contributed by atoms with E-state index in [4.69, 9.17) is 15.1 Å². The Morgan fingerprint density at radius 2 is 1.94 bits per heavy atom. The molecule has 7 heteroatoms. The second kappa shape index (κ2) is 7.77. The lowest BCUT2D eigenvalue weighted by Gasteiger charge is -2.21. The van der Waals surface area contributed by atoms with Crippen LogP contribution in [0.1, 0.15) is 18.2 Å². The molecule has 0 aliphatic rings. The Hall–Kier alpha value is -3.84. The molecule has 0 aliphatic carbocycles. The summed E-state index contributed by atoms with van der Waals surface area (Å²) in [4.78, 5) is 21.5. The van der Waals surface area contributed by atoms with Crippen molar-refractivity contribution in [3.05, 3.63) is 88.7 Å². The van der Waals surface area contributed by atoms with Gasteiger partial charge >= 0.3 is 5.76 Å². The van der Waals surface area contributed by atoms with E-state index in [1.807, 2.05) is 42.6 Å². The molecule has 3 aromatic heterocycles. The first-order valence-electron chi connectivity index (χ1n) is 10.3. The summed E-state index contributed by atoms with van der Waals surface area (Å²) in [6.45, 7) is 4.56. The number of nitrogens with two attached hydrogens (primary N) is 1. The van der Waals surface area contributed by atoms with Crippen molar-refractivity contribution < 1.29 is 4.42 Å². The molecule has 0 bridgehead atoms. The van der Waals surface area contributed by atoms with Gasteiger partial charge in [-0.25, -0.2) is 9.78 Å². The van der Waals surface area contributed by atoms with E-state index in [0.29, 0.717) is 23.3 Å². The Kier molecular flexibility index (Phi) is 4.80. The van der Waals surface area contributed by atoms with Gasteiger partial charge in [0.05, 0.1) is 16.9 Å². The summed E-state index contributed by atoms with van der Waals surface area (Å²) in [6.07, 6.45) is 1.91. The number of rotatable bonds is 6. The molecule has 0 spiro atoms. The number of fused-ring (bicyclic) bond motifs is 2. The van der Waals surface area contributed by atoms with E-state index in [1.165, 1.54) is 5.56 Å². The van der Waals surface area contributed by atoms with Crippen LogP contribution < -0.4 is 11.5 Å². The van der Waals surface area contributed by atoms with Crippen molar-refractivity contribution in [3.63, 3.8) is 0 Å². The SMILES string of the molecule is CCN(Cc1ccccc1)Cc1c(-c2ccc3[nH]c(=O)oc3c2)nc2ccc(N)cn12. The molecule has 2 aromatic carbocycles. The van der Waals surface area contributed by atoms with Gasteiger partial charge in [-0.1, -0.05) is 43.3 Å². The van der Waals surface area contributed by atoms with Crippen LogP contribution in [-0.2, 0) is 13.1 Å². The van der Waals surface area contributed by atoms with Gasteiger partial charge in [-0.2, -0.15) is 0 Å². The van der Waals surface area contributed by atoms with Gasteiger partial charge in [-0.05, 0) is 36.4 Å². The molecular formula is C24H23N5O2. The number of oxazole rings is 1. The maximum absolute atomic E-state index is 11.6. The van der Waals surface area contributed by atoms with E-state index in [9.17, 15) is 4.79 Å². The lowest BCUT2D eigenvalue weighted by atomic mass is 10.1. The predicted octanol–water partition coefficient (Wildman–Crippen LogP) is 4.04. The van der Waals surface area contributed by atoms with Gasteiger partial charge < -0.3 is 14.6 Å². The van der Waals surface area contributed by atoms with Gasteiger partial charge in [0.2, 0.25) is 0 Å². The zero-order valence-electron chi connectivity index (χ0n) is 17.2. The number of nitrogens with zero attached hydrogens (tertiary/aromatic N) is 3. The van der Waals surface area contributed by atoms with Gasteiger partial charge in [0.1, 0.15) is 5.65 Å². The number of pyridine rings is 1. The number of H-pyrrole nitrogens is 1. The summed E-state index contributed by atoms with van der Waals surface area (Å²) < 4.78 is 7.32. The van der Waals surface area contributed by atoms with Crippen LogP contribution >= 0.6 is 0 Å². The number of imidazole rings is 1. The molecule has 0 atom stereocenters. The van der Waals surface area contributed by atoms with E-state index in [0.717, 1.165) is 35.7 Å². The van der Waals surface area contributed by atoms with Crippen molar-refractivity contribution in [2.75, 3.05) is 12.3 Å². The Bertz CT molecular complexity index is 1410. The summed E-state index contributed by atoms with van der Waals surface area (Å²) in [5, 5.41) is 0. The van der Waals surface area contributed by atoms with Crippen LogP contribution in [0.4, 0.5) is 5.69 Å². The first kappa shape index (κ1) is 19.1. The predicted molar refractivity (Wildman–Crippen MR) is 122 cm³/mol. The van der Waals surface area contributed by atoms with Crippen molar-refractivity contribution in [3.8, 4) is 11.3 Å². The Balaban J connectivity index is 1.60. The van der Waals surface area contributed by atoms with E-state index in [1.54, 1.807) is 0 Å². The number of hydrogen-bond donors (Lipinski definition) is 2. The second-order valence-corrected chi connectivity index (χ2v) is 7.61. The summed E-state index contributed by atoms with van der Waals surface area (Å²) in [5.74, 6) is -0.463. The number of nitrogens with one attached hydrogen (secondary N) is 1. The number of aromatic amines is 1. The fraction of sp³-hybridized carbons (Fsp3) is 0.167. The number of aromatic nitrogens is 3. The number of anilines is 1. The lowest BCUT2D eigenvalue weighted by Crippen LogP contribution is -2.23. The molecule has 0 saturated heterocycles. The number of nitrogen functional groups attached to an aromatic ring is 1. The first-order chi connectivity index (χ1) is 15.1. The van der Waals surface area contributed by atoms with Gasteiger partial charge in [0.25, 0.3) is 0 Å². The minimum atomic E-state index is -0.463. The minimum absolute atomic E-state index is 0.463. The van der Waals surface area contributed by atoms with Crippen molar-refractivity contribution in [2.45, 2.75) is 20.0 Å². The average molecular weight is 413 g/mol. The molecule has 3 N–H and O–H groups in total. The van der Waals surface area contributed by atoms with Crippen molar-refractivity contribution >= 4 is 22.4 Å². The standard InChI is InChI=1S/C24H23N5O2/c1-2-28(13-16-6-4-3-5-7-16)15-20-23(27-22-11-9-18(25)14-29(20)22)17-8-10-19-21(12-17)31-24(30)26-19/h3-12,14H,2,13,15,25H2,1H3,(H,26,30). The maximum Gasteiger partial charge on any atom is 0.417 e. The van der Waals surface area contributed by atoms with Crippen LogP contribution in [0.15, 0.2) is 76.1 Å². The highest BCUT2D eigenvalue weighted by Gasteiger charge is 2.18. The van der Waals surface area contributed by atoms with Crippen molar-refractivity contribution in [1.82, 2.24) is 19.3 Å². The monoisotopic (exact) mass is 413 g/mol. The highest BCUT2D eigenvalue weighted by molar-refractivity contribution is 5.80. The third-order valence-corrected chi connectivity index (χ3v) is 5.50. The molecule has 31 heavy (non-hydrogen) atoms. The highest BCUT2D eigenvalue weighted by atomic mass is 16.4. The molecule has 0 saturated carbocycles. The number of benzene rings is 2.